The Morgan fingerprint density at radius 2 is 1.41 bits per heavy atom. The SMILES string of the molecule is CC[Si](CC)(CC)C(c1ccccc1)[Si](C)C. The lowest BCUT2D eigenvalue weighted by Gasteiger charge is -2.39. The molecule has 0 spiro atoms. The van der Waals surface area contributed by atoms with E-state index >= 15 is 0 Å². The number of hydrogen-bond acceptors (Lipinski definition) is 0. The summed E-state index contributed by atoms with van der Waals surface area (Å²) in [5, 5.41) is 0.925. The van der Waals surface area contributed by atoms with Crippen LogP contribution >= 0.6 is 0 Å². The molecule has 95 valence electrons. The van der Waals surface area contributed by atoms with Crippen LogP contribution in [0.2, 0.25) is 31.2 Å². The zero-order valence-corrected chi connectivity index (χ0v) is 14.1. The predicted octanol–water partition coefficient (Wildman–Crippen LogP) is 5.11. The largest absolute Gasteiger partial charge is 0.0710 e. The summed E-state index contributed by atoms with van der Waals surface area (Å²) in [6.07, 6.45) is 0. The summed E-state index contributed by atoms with van der Waals surface area (Å²) in [4.78, 5) is 0. The van der Waals surface area contributed by atoms with E-state index in [2.05, 4.69) is 64.2 Å². The molecule has 0 fully saturated rings. The van der Waals surface area contributed by atoms with Gasteiger partial charge in [-0.05, 0) is 5.16 Å². The first kappa shape index (κ1) is 14.7. The molecular formula is C15H27Si2. The summed E-state index contributed by atoms with van der Waals surface area (Å²) < 4.78 is 0. The van der Waals surface area contributed by atoms with Crippen molar-refractivity contribution in [1.29, 1.82) is 0 Å². The van der Waals surface area contributed by atoms with Crippen LogP contribution in [0.4, 0.5) is 0 Å². The quantitative estimate of drug-likeness (QED) is 0.626. The van der Waals surface area contributed by atoms with Crippen LogP contribution in [0, 0.1) is 0 Å². The van der Waals surface area contributed by atoms with E-state index < -0.39 is 8.07 Å². The Balaban J connectivity index is 3.17. The van der Waals surface area contributed by atoms with Gasteiger partial charge in [0.05, 0.1) is 8.07 Å². The molecule has 0 aliphatic carbocycles. The van der Waals surface area contributed by atoms with Gasteiger partial charge >= 0.3 is 0 Å². The molecule has 1 atom stereocenters. The van der Waals surface area contributed by atoms with Crippen molar-refractivity contribution in [3.8, 4) is 0 Å². The van der Waals surface area contributed by atoms with Crippen molar-refractivity contribution in [2.45, 2.75) is 57.2 Å². The van der Waals surface area contributed by atoms with E-state index in [1.54, 1.807) is 5.56 Å². The minimum Gasteiger partial charge on any atom is -0.0710 e. The number of benzene rings is 1. The van der Waals surface area contributed by atoms with E-state index in [1.807, 2.05) is 0 Å². The molecule has 0 N–H and O–H groups in total. The summed E-state index contributed by atoms with van der Waals surface area (Å²) in [6.45, 7) is 12.3. The molecule has 0 bridgehead atoms. The Labute approximate surface area is 110 Å². The minimum atomic E-state index is -1.11. The van der Waals surface area contributed by atoms with E-state index in [-0.39, 0.29) is 8.80 Å². The molecule has 1 rings (SSSR count). The molecule has 0 nitrogen and oxygen atoms in total. The van der Waals surface area contributed by atoms with Crippen LogP contribution in [-0.4, -0.2) is 16.9 Å². The molecule has 0 amide bonds. The molecule has 0 aromatic heterocycles. The monoisotopic (exact) mass is 263 g/mol. The Hall–Kier alpha value is -0.346. The molecule has 1 aromatic rings. The van der Waals surface area contributed by atoms with Crippen LogP contribution in [0.1, 0.15) is 31.5 Å². The van der Waals surface area contributed by atoms with Crippen LogP contribution < -0.4 is 0 Å². The molecule has 0 saturated carbocycles. The first-order valence-corrected chi connectivity index (χ1v) is 12.2. The molecule has 1 aromatic carbocycles. The van der Waals surface area contributed by atoms with Crippen LogP contribution in [-0.2, 0) is 0 Å². The Morgan fingerprint density at radius 1 is 0.941 bits per heavy atom. The molecule has 0 heterocycles. The van der Waals surface area contributed by atoms with Gasteiger partial charge in [0, 0.05) is 8.80 Å². The van der Waals surface area contributed by atoms with E-state index in [9.17, 15) is 0 Å². The van der Waals surface area contributed by atoms with E-state index in [4.69, 9.17) is 0 Å². The highest BCUT2D eigenvalue weighted by Crippen LogP contribution is 2.37. The summed E-state index contributed by atoms with van der Waals surface area (Å²) in [5.74, 6) is 0. The van der Waals surface area contributed by atoms with Gasteiger partial charge < -0.3 is 0 Å². The van der Waals surface area contributed by atoms with Crippen molar-refractivity contribution >= 4 is 16.9 Å². The maximum Gasteiger partial charge on any atom is 0.0574 e. The van der Waals surface area contributed by atoms with Crippen LogP contribution in [0.25, 0.3) is 0 Å². The number of hydrogen-bond donors (Lipinski definition) is 0. The lowest BCUT2D eigenvalue weighted by Crippen LogP contribution is -2.45. The lowest BCUT2D eigenvalue weighted by molar-refractivity contribution is 1.06. The van der Waals surface area contributed by atoms with Crippen LogP contribution in [0.5, 0.6) is 0 Å². The second-order valence-electron chi connectivity index (χ2n) is 5.34. The fourth-order valence-electron chi connectivity index (χ4n) is 3.31. The zero-order chi connectivity index (χ0) is 12.9. The Bertz CT molecular complexity index is 307. The van der Waals surface area contributed by atoms with Gasteiger partial charge in [-0.1, -0.05) is 87.9 Å². The molecule has 0 aliphatic heterocycles. The Morgan fingerprint density at radius 3 is 1.76 bits per heavy atom. The summed E-state index contributed by atoms with van der Waals surface area (Å²) in [5.41, 5.74) is 1.63. The topological polar surface area (TPSA) is 0 Å². The summed E-state index contributed by atoms with van der Waals surface area (Å²) >= 11 is 0. The maximum absolute atomic E-state index is 2.51. The third-order valence-corrected chi connectivity index (χ3v) is 15.3. The molecule has 17 heavy (non-hydrogen) atoms. The second kappa shape index (κ2) is 6.55. The average Bonchev–Trinajstić information content (AvgIpc) is 2.36. The maximum atomic E-state index is 2.51. The van der Waals surface area contributed by atoms with Gasteiger partial charge in [0.25, 0.3) is 0 Å². The molecular weight excluding hydrogens is 236 g/mol. The summed E-state index contributed by atoms with van der Waals surface area (Å²) in [7, 11) is -1.36. The van der Waals surface area contributed by atoms with Gasteiger partial charge in [-0.2, -0.15) is 0 Å². The first-order chi connectivity index (χ1) is 8.11. The third-order valence-electron chi connectivity index (χ3n) is 4.44. The minimum absolute atomic E-state index is 0.256. The van der Waals surface area contributed by atoms with Gasteiger partial charge in [0.15, 0.2) is 0 Å². The third kappa shape index (κ3) is 3.11. The van der Waals surface area contributed by atoms with Gasteiger partial charge in [0.2, 0.25) is 0 Å². The fraction of sp³-hybridized carbons (Fsp3) is 0.600. The second-order valence-corrected chi connectivity index (χ2v) is 14.1. The zero-order valence-electron chi connectivity index (χ0n) is 12.1. The molecule has 0 saturated heterocycles. The smallest absolute Gasteiger partial charge is 0.0574 e. The van der Waals surface area contributed by atoms with Crippen LogP contribution in [0.3, 0.4) is 0 Å². The van der Waals surface area contributed by atoms with E-state index in [0.717, 1.165) is 5.16 Å². The number of rotatable bonds is 6. The van der Waals surface area contributed by atoms with E-state index in [0.29, 0.717) is 0 Å². The van der Waals surface area contributed by atoms with Crippen molar-refractivity contribution in [2.75, 3.05) is 0 Å². The van der Waals surface area contributed by atoms with Gasteiger partial charge in [-0.15, -0.1) is 0 Å². The van der Waals surface area contributed by atoms with Crippen molar-refractivity contribution in [3.63, 3.8) is 0 Å². The Kier molecular flexibility index (Phi) is 5.67. The first-order valence-electron chi connectivity index (χ1n) is 6.96. The molecule has 0 aliphatic rings. The van der Waals surface area contributed by atoms with Crippen molar-refractivity contribution in [1.82, 2.24) is 0 Å². The normalized spacial score (nSPS) is 14.0. The lowest BCUT2D eigenvalue weighted by atomic mass is 10.2. The van der Waals surface area contributed by atoms with Crippen molar-refractivity contribution in [2.24, 2.45) is 0 Å². The standard InChI is InChI=1S/C15H27Si2/c1-6-17(7-2,8-3)15(16(4)5)14-12-10-9-11-13-14/h9-13,15H,6-8H2,1-5H3. The van der Waals surface area contributed by atoms with Crippen molar-refractivity contribution < 1.29 is 0 Å². The van der Waals surface area contributed by atoms with E-state index in [1.165, 1.54) is 18.1 Å². The van der Waals surface area contributed by atoms with Gasteiger partial charge in [-0.3, -0.25) is 0 Å². The fourth-order valence-corrected chi connectivity index (χ4v) is 14.5. The predicted molar refractivity (Wildman–Crippen MR) is 83.9 cm³/mol. The highest BCUT2D eigenvalue weighted by molar-refractivity contribution is 6.91. The van der Waals surface area contributed by atoms with Crippen LogP contribution in [0.15, 0.2) is 30.3 Å². The van der Waals surface area contributed by atoms with Gasteiger partial charge in [0.1, 0.15) is 0 Å². The highest BCUT2D eigenvalue weighted by atomic mass is 28.4. The van der Waals surface area contributed by atoms with Gasteiger partial charge in [-0.25, -0.2) is 0 Å². The molecule has 1 radical (unpaired) electrons. The molecule has 1 unspecified atom stereocenters. The molecule has 2 heteroatoms. The van der Waals surface area contributed by atoms with Crippen molar-refractivity contribution in [3.05, 3.63) is 35.9 Å². The summed E-state index contributed by atoms with van der Waals surface area (Å²) in [6, 6.07) is 15.6. The average molecular weight is 264 g/mol. The highest BCUT2D eigenvalue weighted by Gasteiger charge is 2.39.